The number of hydrogen-bond donors (Lipinski definition) is 1. The van der Waals surface area contributed by atoms with E-state index in [0.717, 1.165) is 12.1 Å². The first-order valence-electron chi connectivity index (χ1n) is 6.28. The highest BCUT2D eigenvalue weighted by atomic mass is 19.4. The molecule has 3 heterocycles. The molecule has 0 spiro atoms. The van der Waals surface area contributed by atoms with Crippen LogP contribution in [0.3, 0.4) is 0 Å². The normalized spacial score (nSPS) is 12.3. The van der Waals surface area contributed by atoms with Gasteiger partial charge in [0.25, 0.3) is 0 Å². The Morgan fingerprint density at radius 1 is 1.14 bits per heavy atom. The van der Waals surface area contributed by atoms with Crippen molar-refractivity contribution in [2.75, 3.05) is 0 Å². The number of alkyl halides is 3. The summed E-state index contributed by atoms with van der Waals surface area (Å²) >= 11 is 0. The number of fused-ring (bicyclic) bond motifs is 3. The smallest absolute Gasteiger partial charge is 0.416 e. The van der Waals surface area contributed by atoms with Crippen LogP contribution < -0.4 is 0 Å². The summed E-state index contributed by atoms with van der Waals surface area (Å²) in [6.07, 6.45) is -1.42. The molecule has 4 rings (SSSR count). The minimum Gasteiger partial charge on any atom is -0.418 e. The highest BCUT2D eigenvalue weighted by molar-refractivity contribution is 5.97. The monoisotopic (exact) mass is 304 g/mol. The van der Waals surface area contributed by atoms with Crippen molar-refractivity contribution in [3.63, 3.8) is 0 Å². The van der Waals surface area contributed by atoms with Gasteiger partial charge in [-0.3, -0.25) is 0 Å². The first-order valence-corrected chi connectivity index (χ1v) is 6.28. The van der Waals surface area contributed by atoms with Crippen molar-refractivity contribution in [2.24, 2.45) is 0 Å². The van der Waals surface area contributed by atoms with Gasteiger partial charge in [-0.15, -0.1) is 0 Å². The molecule has 1 N–H and O–H groups in total. The first kappa shape index (κ1) is 12.8. The average Bonchev–Trinajstić information content (AvgIpc) is 3.12. The molecule has 0 amide bonds. The van der Waals surface area contributed by atoms with E-state index in [4.69, 9.17) is 4.42 Å². The second kappa shape index (κ2) is 4.30. The first-order chi connectivity index (χ1) is 10.5. The molecule has 3 aromatic heterocycles. The zero-order valence-corrected chi connectivity index (χ0v) is 10.8. The predicted molar refractivity (Wildman–Crippen MR) is 71.9 cm³/mol. The molecule has 0 aliphatic rings. The quantitative estimate of drug-likeness (QED) is 0.581. The van der Waals surface area contributed by atoms with Crippen LogP contribution in [0.15, 0.2) is 41.2 Å². The van der Waals surface area contributed by atoms with E-state index in [2.05, 4.69) is 19.9 Å². The van der Waals surface area contributed by atoms with E-state index in [9.17, 15) is 13.2 Å². The molecule has 0 saturated heterocycles. The minimum atomic E-state index is -4.42. The van der Waals surface area contributed by atoms with Crippen molar-refractivity contribution in [3.05, 3.63) is 42.4 Å². The number of oxazole rings is 1. The fraction of sp³-hybridized carbons (Fsp3) is 0.0714. The van der Waals surface area contributed by atoms with Crippen molar-refractivity contribution < 1.29 is 17.6 Å². The van der Waals surface area contributed by atoms with Crippen LogP contribution in [0.4, 0.5) is 13.2 Å². The number of hydrogen-bond acceptors (Lipinski definition) is 4. The zero-order chi connectivity index (χ0) is 15.3. The van der Waals surface area contributed by atoms with E-state index in [-0.39, 0.29) is 17.2 Å². The maximum atomic E-state index is 12.8. The van der Waals surface area contributed by atoms with Crippen molar-refractivity contribution in [1.29, 1.82) is 0 Å². The standard InChI is InChI=1S/C14H7F3N4O/c15-14(16,17)8-3-1-2-7(4-8)12-21-11-10-9(19-6-20-10)5-18-13(11)22-12/h1-6H,(H,19,20). The fourth-order valence-corrected chi connectivity index (χ4v) is 2.23. The van der Waals surface area contributed by atoms with Crippen LogP contribution in [0.1, 0.15) is 5.56 Å². The Bertz CT molecular complexity index is 987. The molecule has 8 heteroatoms. The van der Waals surface area contributed by atoms with Gasteiger partial charge in [-0.05, 0) is 18.2 Å². The number of aromatic amines is 1. The van der Waals surface area contributed by atoms with Crippen LogP contribution in [0, 0.1) is 0 Å². The predicted octanol–water partition coefficient (Wildman–Crippen LogP) is 3.78. The molecular weight excluding hydrogens is 297 g/mol. The number of nitrogens with zero attached hydrogens (tertiary/aromatic N) is 3. The third-order valence-electron chi connectivity index (χ3n) is 3.26. The zero-order valence-electron chi connectivity index (χ0n) is 10.8. The number of pyridine rings is 1. The van der Waals surface area contributed by atoms with Gasteiger partial charge in [0, 0.05) is 5.56 Å². The number of aromatic nitrogens is 4. The summed E-state index contributed by atoms with van der Waals surface area (Å²) in [5.41, 5.74) is 1.39. The van der Waals surface area contributed by atoms with Crippen molar-refractivity contribution in [3.8, 4) is 11.5 Å². The third-order valence-corrected chi connectivity index (χ3v) is 3.26. The molecule has 0 saturated carbocycles. The second-order valence-corrected chi connectivity index (χ2v) is 4.67. The number of rotatable bonds is 1. The molecular formula is C14H7F3N4O. The molecule has 0 unspecified atom stereocenters. The van der Waals surface area contributed by atoms with E-state index < -0.39 is 11.7 Å². The van der Waals surface area contributed by atoms with E-state index >= 15 is 0 Å². The lowest BCUT2D eigenvalue weighted by atomic mass is 10.1. The Labute approximate surface area is 120 Å². The molecule has 1 aromatic carbocycles. The lowest BCUT2D eigenvalue weighted by molar-refractivity contribution is -0.137. The summed E-state index contributed by atoms with van der Waals surface area (Å²) in [5.74, 6) is 0.0794. The van der Waals surface area contributed by atoms with Crippen molar-refractivity contribution in [1.82, 2.24) is 19.9 Å². The number of nitrogens with one attached hydrogen (secondary N) is 1. The Kier molecular flexibility index (Phi) is 2.50. The largest absolute Gasteiger partial charge is 0.418 e. The summed E-state index contributed by atoms with van der Waals surface area (Å²) in [6, 6.07) is 4.81. The van der Waals surface area contributed by atoms with Gasteiger partial charge in [0.05, 0.1) is 23.6 Å². The topological polar surface area (TPSA) is 67.6 Å². The van der Waals surface area contributed by atoms with Gasteiger partial charge in [0.2, 0.25) is 11.6 Å². The maximum absolute atomic E-state index is 12.8. The lowest BCUT2D eigenvalue weighted by Crippen LogP contribution is -2.04. The molecule has 4 aromatic rings. The van der Waals surface area contributed by atoms with E-state index in [1.54, 1.807) is 0 Å². The number of benzene rings is 1. The van der Waals surface area contributed by atoms with Gasteiger partial charge in [0.1, 0.15) is 5.52 Å². The molecule has 0 radical (unpaired) electrons. The third kappa shape index (κ3) is 1.92. The second-order valence-electron chi connectivity index (χ2n) is 4.67. The molecule has 5 nitrogen and oxygen atoms in total. The SMILES string of the molecule is FC(F)(F)c1cccc(-c2nc3c(ncc4nc[nH]c43)o2)c1. The van der Waals surface area contributed by atoms with Gasteiger partial charge in [-0.25, -0.2) is 15.0 Å². The molecule has 0 fully saturated rings. The number of imidazole rings is 1. The lowest BCUT2D eigenvalue weighted by Gasteiger charge is -2.06. The van der Waals surface area contributed by atoms with E-state index in [1.807, 2.05) is 0 Å². The molecule has 0 aliphatic carbocycles. The van der Waals surface area contributed by atoms with Crippen LogP contribution >= 0.6 is 0 Å². The summed E-state index contributed by atoms with van der Waals surface area (Å²) in [4.78, 5) is 15.3. The van der Waals surface area contributed by atoms with Crippen molar-refractivity contribution >= 4 is 22.3 Å². The fourth-order valence-electron chi connectivity index (χ4n) is 2.23. The summed E-state index contributed by atoms with van der Waals surface area (Å²) in [7, 11) is 0. The van der Waals surface area contributed by atoms with Gasteiger partial charge in [0.15, 0.2) is 5.52 Å². The Morgan fingerprint density at radius 2 is 2.00 bits per heavy atom. The Morgan fingerprint density at radius 3 is 2.82 bits per heavy atom. The number of H-pyrrole nitrogens is 1. The Balaban J connectivity index is 1.91. The summed E-state index contributed by atoms with van der Waals surface area (Å²) in [5, 5.41) is 0. The molecule has 110 valence electrons. The highest BCUT2D eigenvalue weighted by Gasteiger charge is 2.30. The van der Waals surface area contributed by atoms with Gasteiger partial charge < -0.3 is 9.40 Å². The number of halogens is 3. The summed E-state index contributed by atoms with van der Waals surface area (Å²) < 4.78 is 43.8. The van der Waals surface area contributed by atoms with Crippen LogP contribution in [0.25, 0.3) is 33.7 Å². The van der Waals surface area contributed by atoms with E-state index in [0.29, 0.717) is 16.6 Å². The van der Waals surface area contributed by atoms with Crippen LogP contribution in [-0.2, 0) is 6.18 Å². The minimum absolute atomic E-state index is 0.0794. The van der Waals surface area contributed by atoms with Crippen molar-refractivity contribution in [2.45, 2.75) is 6.18 Å². The van der Waals surface area contributed by atoms with Gasteiger partial charge >= 0.3 is 6.18 Å². The van der Waals surface area contributed by atoms with Crippen LogP contribution in [0.5, 0.6) is 0 Å². The Hall–Kier alpha value is -2.90. The van der Waals surface area contributed by atoms with Crippen LogP contribution in [0.2, 0.25) is 0 Å². The molecule has 22 heavy (non-hydrogen) atoms. The summed E-state index contributed by atoms with van der Waals surface area (Å²) in [6.45, 7) is 0. The molecule has 0 aliphatic heterocycles. The van der Waals surface area contributed by atoms with Gasteiger partial charge in [-0.1, -0.05) is 6.07 Å². The average molecular weight is 304 g/mol. The van der Waals surface area contributed by atoms with Gasteiger partial charge in [-0.2, -0.15) is 13.2 Å². The van der Waals surface area contributed by atoms with Crippen LogP contribution in [-0.4, -0.2) is 19.9 Å². The maximum Gasteiger partial charge on any atom is 0.416 e. The highest BCUT2D eigenvalue weighted by Crippen LogP contribution is 2.33. The molecule has 0 atom stereocenters. The van der Waals surface area contributed by atoms with E-state index in [1.165, 1.54) is 24.7 Å². The molecule has 0 bridgehead atoms.